The Labute approximate surface area is 93.0 Å². The molecule has 1 saturated heterocycles. The summed E-state index contributed by atoms with van der Waals surface area (Å²) in [6.07, 6.45) is 2.00. The molecule has 0 radical (unpaired) electrons. The molecule has 0 saturated carbocycles. The fourth-order valence-corrected chi connectivity index (χ4v) is 2.07. The topological polar surface area (TPSA) is 59.2 Å². The highest BCUT2D eigenvalue weighted by atomic mass is 35.5. The average molecular weight is 226 g/mol. The quantitative estimate of drug-likeness (QED) is 0.734. The molecule has 2 rings (SSSR count). The Hall–Kier alpha value is -1.29. The Morgan fingerprint density at radius 1 is 1.67 bits per heavy atom. The lowest BCUT2D eigenvalue weighted by Gasteiger charge is -2.19. The molecule has 1 fully saturated rings. The van der Waals surface area contributed by atoms with Gasteiger partial charge in [0, 0.05) is 19.2 Å². The zero-order valence-corrected chi connectivity index (χ0v) is 9.16. The number of anilines is 2. The lowest BCUT2D eigenvalue weighted by Crippen LogP contribution is -2.26. The van der Waals surface area contributed by atoms with Crippen molar-refractivity contribution in [2.45, 2.75) is 18.7 Å². The van der Waals surface area contributed by atoms with E-state index in [9.17, 15) is 4.79 Å². The number of carbonyl (C=O) groups is 1. The standard InChI is InChI=1S/C10H12ClN3O/c1-6-2-3-13-10(12)9(6)14-5-7(11)4-8(14)15/h2-3,7H,4-5H2,1H3,(H2,12,13). The van der Waals surface area contributed by atoms with Crippen LogP contribution < -0.4 is 10.6 Å². The zero-order chi connectivity index (χ0) is 11.0. The van der Waals surface area contributed by atoms with Crippen LogP contribution in [0.4, 0.5) is 11.5 Å². The van der Waals surface area contributed by atoms with Gasteiger partial charge in [0.2, 0.25) is 5.91 Å². The molecule has 1 aromatic heterocycles. The Kier molecular flexibility index (Phi) is 2.52. The summed E-state index contributed by atoms with van der Waals surface area (Å²) >= 11 is 5.93. The number of halogens is 1. The first-order valence-corrected chi connectivity index (χ1v) is 5.18. The van der Waals surface area contributed by atoms with Crippen LogP contribution in [0.3, 0.4) is 0 Å². The van der Waals surface area contributed by atoms with E-state index in [-0.39, 0.29) is 11.3 Å². The van der Waals surface area contributed by atoms with Gasteiger partial charge in [0.1, 0.15) is 5.82 Å². The van der Waals surface area contributed by atoms with Crippen molar-refractivity contribution in [1.29, 1.82) is 0 Å². The van der Waals surface area contributed by atoms with Crippen LogP contribution in [-0.4, -0.2) is 22.8 Å². The average Bonchev–Trinajstić information content (AvgIpc) is 2.45. The lowest BCUT2D eigenvalue weighted by atomic mass is 10.2. The van der Waals surface area contributed by atoms with E-state index in [2.05, 4.69) is 4.98 Å². The molecule has 1 aliphatic rings. The Balaban J connectivity index is 2.41. The minimum absolute atomic E-state index is 0.0119. The third-order valence-electron chi connectivity index (χ3n) is 2.50. The fourth-order valence-electron chi connectivity index (χ4n) is 1.80. The number of rotatable bonds is 1. The summed E-state index contributed by atoms with van der Waals surface area (Å²) < 4.78 is 0. The molecule has 1 aromatic rings. The molecular formula is C10H12ClN3O. The predicted octanol–water partition coefficient (Wildman–Crippen LogP) is 1.32. The molecule has 80 valence electrons. The second kappa shape index (κ2) is 3.70. The van der Waals surface area contributed by atoms with Crippen LogP contribution in [0.25, 0.3) is 0 Å². The highest BCUT2D eigenvalue weighted by molar-refractivity contribution is 6.24. The number of pyridine rings is 1. The van der Waals surface area contributed by atoms with Crippen molar-refractivity contribution in [2.24, 2.45) is 0 Å². The molecular weight excluding hydrogens is 214 g/mol. The number of carbonyl (C=O) groups excluding carboxylic acids is 1. The van der Waals surface area contributed by atoms with E-state index in [1.54, 1.807) is 11.1 Å². The van der Waals surface area contributed by atoms with E-state index in [1.807, 2.05) is 13.0 Å². The molecule has 1 aliphatic heterocycles. The summed E-state index contributed by atoms with van der Waals surface area (Å²) in [5.41, 5.74) is 7.41. The molecule has 0 bridgehead atoms. The molecule has 1 unspecified atom stereocenters. The number of nitrogens with zero attached hydrogens (tertiary/aromatic N) is 2. The van der Waals surface area contributed by atoms with Crippen LogP contribution in [0, 0.1) is 6.92 Å². The number of hydrogen-bond acceptors (Lipinski definition) is 3. The number of nitrogens with two attached hydrogens (primary N) is 1. The van der Waals surface area contributed by atoms with Crippen molar-refractivity contribution in [2.75, 3.05) is 17.2 Å². The number of amides is 1. The summed E-state index contributed by atoms with van der Waals surface area (Å²) in [5.74, 6) is 0.395. The summed E-state index contributed by atoms with van der Waals surface area (Å²) in [5, 5.41) is -0.128. The minimum atomic E-state index is -0.128. The summed E-state index contributed by atoms with van der Waals surface area (Å²) in [4.78, 5) is 17.3. The largest absolute Gasteiger partial charge is 0.382 e. The van der Waals surface area contributed by atoms with Crippen LogP contribution in [0.5, 0.6) is 0 Å². The molecule has 1 atom stereocenters. The Morgan fingerprint density at radius 3 is 2.93 bits per heavy atom. The van der Waals surface area contributed by atoms with E-state index in [0.29, 0.717) is 24.5 Å². The number of nitrogen functional groups attached to an aromatic ring is 1. The molecule has 0 aliphatic carbocycles. The molecule has 1 amide bonds. The van der Waals surface area contributed by atoms with E-state index >= 15 is 0 Å². The van der Waals surface area contributed by atoms with Crippen molar-refractivity contribution in [1.82, 2.24) is 4.98 Å². The normalized spacial score (nSPS) is 21.1. The van der Waals surface area contributed by atoms with Gasteiger partial charge in [-0.25, -0.2) is 4.98 Å². The van der Waals surface area contributed by atoms with Gasteiger partial charge in [0.25, 0.3) is 0 Å². The summed E-state index contributed by atoms with van der Waals surface area (Å²) in [6, 6.07) is 1.83. The minimum Gasteiger partial charge on any atom is -0.382 e. The monoisotopic (exact) mass is 225 g/mol. The molecule has 4 nitrogen and oxygen atoms in total. The maximum Gasteiger partial charge on any atom is 0.228 e. The molecule has 15 heavy (non-hydrogen) atoms. The number of aryl methyl sites for hydroxylation is 1. The molecule has 0 aromatic carbocycles. The van der Waals surface area contributed by atoms with Crippen LogP contribution in [-0.2, 0) is 4.79 Å². The second-order valence-corrected chi connectivity index (χ2v) is 4.28. The smallest absolute Gasteiger partial charge is 0.228 e. The van der Waals surface area contributed by atoms with Crippen LogP contribution in [0.15, 0.2) is 12.3 Å². The van der Waals surface area contributed by atoms with Crippen LogP contribution in [0.2, 0.25) is 0 Å². The zero-order valence-electron chi connectivity index (χ0n) is 8.40. The van der Waals surface area contributed by atoms with E-state index in [1.165, 1.54) is 0 Å². The van der Waals surface area contributed by atoms with Crippen LogP contribution in [0.1, 0.15) is 12.0 Å². The van der Waals surface area contributed by atoms with E-state index in [0.717, 1.165) is 5.56 Å². The van der Waals surface area contributed by atoms with Gasteiger partial charge in [-0.1, -0.05) is 0 Å². The third-order valence-corrected chi connectivity index (χ3v) is 2.79. The van der Waals surface area contributed by atoms with Crippen molar-refractivity contribution < 1.29 is 4.79 Å². The summed E-state index contributed by atoms with van der Waals surface area (Å²) in [7, 11) is 0. The van der Waals surface area contributed by atoms with E-state index < -0.39 is 0 Å². The van der Waals surface area contributed by atoms with Crippen molar-refractivity contribution in [3.8, 4) is 0 Å². The first-order valence-electron chi connectivity index (χ1n) is 4.75. The van der Waals surface area contributed by atoms with Crippen molar-refractivity contribution >= 4 is 29.0 Å². The van der Waals surface area contributed by atoms with Gasteiger partial charge in [-0.05, 0) is 18.6 Å². The Morgan fingerprint density at radius 2 is 2.40 bits per heavy atom. The van der Waals surface area contributed by atoms with Gasteiger partial charge in [0.05, 0.1) is 11.1 Å². The first kappa shape index (κ1) is 10.2. The predicted molar refractivity (Wildman–Crippen MR) is 60.0 cm³/mol. The number of alkyl halides is 1. The van der Waals surface area contributed by atoms with Gasteiger partial charge < -0.3 is 10.6 Å². The number of aromatic nitrogens is 1. The second-order valence-electron chi connectivity index (χ2n) is 3.67. The van der Waals surface area contributed by atoms with Gasteiger partial charge in [-0.3, -0.25) is 4.79 Å². The highest BCUT2D eigenvalue weighted by Crippen LogP contribution is 2.30. The number of hydrogen-bond donors (Lipinski definition) is 1. The SMILES string of the molecule is Cc1ccnc(N)c1N1CC(Cl)CC1=O. The Bertz CT molecular complexity index is 387. The lowest BCUT2D eigenvalue weighted by molar-refractivity contribution is -0.117. The summed E-state index contributed by atoms with van der Waals surface area (Å²) in [6.45, 7) is 2.42. The van der Waals surface area contributed by atoms with Gasteiger partial charge in [-0.15, -0.1) is 11.6 Å². The maximum absolute atomic E-state index is 11.6. The fraction of sp³-hybridized carbons (Fsp3) is 0.400. The van der Waals surface area contributed by atoms with E-state index in [4.69, 9.17) is 17.3 Å². The molecule has 2 N–H and O–H groups in total. The molecule has 2 heterocycles. The third kappa shape index (κ3) is 1.77. The van der Waals surface area contributed by atoms with Crippen molar-refractivity contribution in [3.63, 3.8) is 0 Å². The van der Waals surface area contributed by atoms with Crippen LogP contribution >= 0.6 is 11.6 Å². The van der Waals surface area contributed by atoms with Crippen molar-refractivity contribution in [3.05, 3.63) is 17.8 Å². The first-order chi connectivity index (χ1) is 7.09. The molecule has 0 spiro atoms. The highest BCUT2D eigenvalue weighted by Gasteiger charge is 2.31. The van der Waals surface area contributed by atoms with Gasteiger partial charge in [0.15, 0.2) is 0 Å². The van der Waals surface area contributed by atoms with Gasteiger partial charge in [-0.2, -0.15) is 0 Å². The molecule has 5 heteroatoms. The van der Waals surface area contributed by atoms with Gasteiger partial charge >= 0.3 is 0 Å². The maximum atomic E-state index is 11.6.